The van der Waals surface area contributed by atoms with Gasteiger partial charge < -0.3 is 20.6 Å². The van der Waals surface area contributed by atoms with E-state index in [2.05, 4.69) is 4.98 Å². The zero-order valence-electron chi connectivity index (χ0n) is 11.8. The number of rotatable bonds is 6. The molecular weight excluding hydrogens is 272 g/mol. The Labute approximate surface area is 121 Å². The average molecular weight is 290 g/mol. The van der Waals surface area contributed by atoms with Crippen LogP contribution in [0.25, 0.3) is 10.9 Å². The number of aromatic nitrogens is 1. The lowest BCUT2D eigenvalue weighted by atomic mass is 10.1. The summed E-state index contributed by atoms with van der Waals surface area (Å²) in [6, 6.07) is 4.26. The standard InChI is InChI=1S/C15H18N2O4/c1-2-3-14(18)21-10-4-5-13-11(7-10)9(8-17-13)6-12(16)15(19)20/h4-5,7-8,12,17H,2-3,6,16H2,1H3,(H,19,20)/t12-/m0/s1. The topological polar surface area (TPSA) is 105 Å². The number of hydrogen-bond donors (Lipinski definition) is 3. The van der Waals surface area contributed by atoms with E-state index in [0.717, 1.165) is 22.9 Å². The zero-order valence-corrected chi connectivity index (χ0v) is 11.8. The third-order valence-corrected chi connectivity index (χ3v) is 3.18. The second-order valence-electron chi connectivity index (χ2n) is 4.89. The summed E-state index contributed by atoms with van der Waals surface area (Å²) in [5, 5.41) is 9.69. The van der Waals surface area contributed by atoms with E-state index in [0.29, 0.717) is 12.2 Å². The van der Waals surface area contributed by atoms with Crippen LogP contribution in [0.3, 0.4) is 0 Å². The van der Waals surface area contributed by atoms with Crippen molar-refractivity contribution in [2.75, 3.05) is 0 Å². The predicted octanol–water partition coefficient (Wildman–Crippen LogP) is 1.83. The van der Waals surface area contributed by atoms with Crippen LogP contribution in [0.2, 0.25) is 0 Å². The Morgan fingerprint density at radius 1 is 1.43 bits per heavy atom. The molecule has 112 valence electrons. The highest BCUT2D eigenvalue weighted by atomic mass is 16.5. The van der Waals surface area contributed by atoms with Crippen molar-refractivity contribution in [2.24, 2.45) is 5.73 Å². The maximum Gasteiger partial charge on any atom is 0.320 e. The highest BCUT2D eigenvalue weighted by molar-refractivity contribution is 5.86. The maximum absolute atomic E-state index is 11.5. The van der Waals surface area contributed by atoms with Gasteiger partial charge in [-0.05, 0) is 30.2 Å². The van der Waals surface area contributed by atoms with Crippen molar-refractivity contribution < 1.29 is 19.4 Å². The fourth-order valence-corrected chi connectivity index (χ4v) is 2.10. The molecule has 2 aromatic rings. The fraction of sp³-hybridized carbons (Fsp3) is 0.333. The van der Waals surface area contributed by atoms with E-state index >= 15 is 0 Å². The molecule has 21 heavy (non-hydrogen) atoms. The molecule has 1 atom stereocenters. The SMILES string of the molecule is CCCC(=O)Oc1ccc2[nH]cc(C[C@H](N)C(=O)O)c2c1. The van der Waals surface area contributed by atoms with Crippen molar-refractivity contribution in [1.29, 1.82) is 0 Å². The molecule has 0 saturated heterocycles. The predicted molar refractivity (Wildman–Crippen MR) is 78.2 cm³/mol. The van der Waals surface area contributed by atoms with Crippen molar-refractivity contribution in [1.82, 2.24) is 4.98 Å². The lowest BCUT2D eigenvalue weighted by Gasteiger charge is -2.06. The van der Waals surface area contributed by atoms with E-state index in [1.165, 1.54) is 0 Å². The van der Waals surface area contributed by atoms with Crippen molar-refractivity contribution >= 4 is 22.8 Å². The molecule has 6 nitrogen and oxygen atoms in total. The number of aliphatic carboxylic acids is 1. The molecule has 2 rings (SSSR count). The highest BCUT2D eigenvalue weighted by Gasteiger charge is 2.15. The number of esters is 1. The number of carbonyl (C=O) groups excluding carboxylic acids is 1. The summed E-state index contributed by atoms with van der Waals surface area (Å²) < 4.78 is 5.24. The number of carboxylic acids is 1. The first-order valence-electron chi connectivity index (χ1n) is 6.80. The summed E-state index contributed by atoms with van der Waals surface area (Å²) in [5.41, 5.74) is 7.19. The number of carboxylic acid groups (broad SMARTS) is 1. The van der Waals surface area contributed by atoms with Gasteiger partial charge in [0.15, 0.2) is 0 Å². The van der Waals surface area contributed by atoms with Crippen molar-refractivity contribution in [2.45, 2.75) is 32.2 Å². The first kappa shape index (κ1) is 15.1. The number of fused-ring (bicyclic) bond motifs is 1. The van der Waals surface area contributed by atoms with Gasteiger partial charge in [0.2, 0.25) is 0 Å². The van der Waals surface area contributed by atoms with Crippen molar-refractivity contribution in [3.05, 3.63) is 30.0 Å². The van der Waals surface area contributed by atoms with Gasteiger partial charge in [-0.1, -0.05) is 6.92 Å². The van der Waals surface area contributed by atoms with E-state index in [4.69, 9.17) is 15.6 Å². The highest BCUT2D eigenvalue weighted by Crippen LogP contribution is 2.25. The molecule has 0 bridgehead atoms. The van der Waals surface area contributed by atoms with Gasteiger partial charge in [0.05, 0.1) is 0 Å². The van der Waals surface area contributed by atoms with E-state index in [-0.39, 0.29) is 12.4 Å². The van der Waals surface area contributed by atoms with E-state index in [1.54, 1.807) is 24.4 Å². The summed E-state index contributed by atoms with van der Waals surface area (Å²) in [6.45, 7) is 1.90. The first-order valence-corrected chi connectivity index (χ1v) is 6.80. The number of aromatic amines is 1. The van der Waals surface area contributed by atoms with E-state index in [9.17, 15) is 9.59 Å². The van der Waals surface area contributed by atoms with Gasteiger partial charge in [-0.2, -0.15) is 0 Å². The number of carbonyl (C=O) groups is 2. The second kappa shape index (κ2) is 6.41. The zero-order chi connectivity index (χ0) is 15.4. The van der Waals surface area contributed by atoms with Crippen LogP contribution in [-0.2, 0) is 16.0 Å². The lowest BCUT2D eigenvalue weighted by Crippen LogP contribution is -2.32. The molecule has 1 aromatic heterocycles. The monoisotopic (exact) mass is 290 g/mol. The molecule has 0 radical (unpaired) electrons. The molecule has 0 spiro atoms. The molecule has 4 N–H and O–H groups in total. The van der Waals surface area contributed by atoms with Gasteiger partial charge in [0.25, 0.3) is 0 Å². The van der Waals surface area contributed by atoms with Gasteiger partial charge in [-0.3, -0.25) is 9.59 Å². The molecule has 0 aliphatic heterocycles. The molecule has 0 aliphatic carbocycles. The number of benzene rings is 1. The fourth-order valence-electron chi connectivity index (χ4n) is 2.10. The third kappa shape index (κ3) is 3.61. The summed E-state index contributed by atoms with van der Waals surface area (Å²) in [7, 11) is 0. The molecule has 0 aliphatic rings. The average Bonchev–Trinajstić information content (AvgIpc) is 2.81. The molecule has 0 saturated carbocycles. The Bertz CT molecular complexity index is 663. The van der Waals surface area contributed by atoms with Gasteiger partial charge in [0.1, 0.15) is 11.8 Å². The molecule has 1 aromatic carbocycles. The Balaban J connectivity index is 2.24. The van der Waals surface area contributed by atoms with Crippen molar-refractivity contribution in [3.8, 4) is 5.75 Å². The maximum atomic E-state index is 11.5. The number of H-pyrrole nitrogens is 1. The van der Waals surface area contributed by atoms with Gasteiger partial charge in [-0.15, -0.1) is 0 Å². The number of nitrogens with one attached hydrogen (secondary N) is 1. The minimum atomic E-state index is -1.05. The van der Waals surface area contributed by atoms with E-state index in [1.807, 2.05) is 6.92 Å². The Morgan fingerprint density at radius 3 is 2.86 bits per heavy atom. The minimum Gasteiger partial charge on any atom is -0.480 e. The van der Waals surface area contributed by atoms with E-state index < -0.39 is 12.0 Å². The summed E-state index contributed by atoms with van der Waals surface area (Å²) in [4.78, 5) is 25.4. The molecular formula is C15H18N2O4. The quantitative estimate of drug-likeness (QED) is 0.556. The largest absolute Gasteiger partial charge is 0.480 e. The van der Waals surface area contributed by atoms with Crippen LogP contribution in [0, 0.1) is 0 Å². The number of ether oxygens (including phenoxy) is 1. The normalized spacial score (nSPS) is 12.3. The Kier molecular flexibility index (Phi) is 4.59. The molecule has 0 fully saturated rings. The van der Waals surface area contributed by atoms with Crippen molar-refractivity contribution in [3.63, 3.8) is 0 Å². The third-order valence-electron chi connectivity index (χ3n) is 3.18. The summed E-state index contributed by atoms with van der Waals surface area (Å²) in [6.07, 6.45) is 3.03. The van der Waals surface area contributed by atoms with Crippen LogP contribution in [0.1, 0.15) is 25.3 Å². The molecule has 0 amide bonds. The van der Waals surface area contributed by atoms with Crippen LogP contribution in [0.5, 0.6) is 5.75 Å². The van der Waals surface area contributed by atoms with Gasteiger partial charge >= 0.3 is 11.9 Å². The van der Waals surface area contributed by atoms with Gasteiger partial charge in [-0.25, -0.2) is 0 Å². The summed E-state index contributed by atoms with van der Waals surface area (Å²) in [5.74, 6) is -0.878. The van der Waals surface area contributed by atoms with Crippen LogP contribution in [0.4, 0.5) is 0 Å². The van der Waals surface area contributed by atoms with Gasteiger partial charge in [0, 0.05) is 29.9 Å². The Hall–Kier alpha value is -2.34. The molecule has 1 heterocycles. The Morgan fingerprint density at radius 2 is 2.19 bits per heavy atom. The van der Waals surface area contributed by atoms with Crippen LogP contribution in [-0.4, -0.2) is 28.1 Å². The molecule has 0 unspecified atom stereocenters. The minimum absolute atomic E-state index is 0.210. The smallest absolute Gasteiger partial charge is 0.320 e. The van der Waals surface area contributed by atoms with Crippen LogP contribution in [0.15, 0.2) is 24.4 Å². The lowest BCUT2D eigenvalue weighted by molar-refractivity contribution is -0.138. The number of hydrogen-bond acceptors (Lipinski definition) is 4. The van der Waals surface area contributed by atoms with Crippen LogP contribution >= 0.6 is 0 Å². The molecule has 6 heteroatoms. The number of nitrogens with two attached hydrogens (primary N) is 1. The van der Waals surface area contributed by atoms with Crippen LogP contribution < -0.4 is 10.5 Å². The summed E-state index contributed by atoms with van der Waals surface area (Å²) >= 11 is 0. The second-order valence-corrected chi connectivity index (χ2v) is 4.89. The first-order chi connectivity index (χ1) is 10.0.